The minimum absolute atomic E-state index is 0.399. The third kappa shape index (κ3) is 2.85. The highest BCUT2D eigenvalue weighted by Gasteiger charge is 2.33. The Morgan fingerprint density at radius 2 is 2.00 bits per heavy atom. The fourth-order valence-corrected chi connectivity index (χ4v) is 3.39. The third-order valence-corrected chi connectivity index (χ3v) is 4.44. The van der Waals surface area contributed by atoms with Crippen molar-refractivity contribution >= 4 is 0 Å². The largest absolute Gasteiger partial charge is 0.312 e. The molecule has 21 heavy (non-hydrogen) atoms. The molecule has 0 bridgehead atoms. The number of aromatic nitrogens is 1. The number of benzene rings is 1. The lowest BCUT2D eigenvalue weighted by atomic mass is 10.1. The highest BCUT2D eigenvalue weighted by atomic mass is 15.2. The lowest BCUT2D eigenvalue weighted by molar-refractivity contribution is 0.199. The van der Waals surface area contributed by atoms with E-state index in [9.17, 15) is 0 Å². The number of likely N-dealkylation sites (N-methyl/N-ethyl adjacent to an activating group) is 2. The Hall–Kier alpha value is -1.71. The van der Waals surface area contributed by atoms with Gasteiger partial charge in [-0.2, -0.15) is 0 Å². The smallest absolute Gasteiger partial charge is 0.0547 e. The van der Waals surface area contributed by atoms with Crippen molar-refractivity contribution in [2.45, 2.75) is 32.0 Å². The zero-order valence-corrected chi connectivity index (χ0v) is 13.0. The van der Waals surface area contributed by atoms with Gasteiger partial charge in [-0.05, 0) is 50.7 Å². The summed E-state index contributed by atoms with van der Waals surface area (Å²) in [6.45, 7) is 2.93. The Labute approximate surface area is 127 Å². The minimum atomic E-state index is 0.399. The average molecular weight is 281 g/mol. The summed E-state index contributed by atoms with van der Waals surface area (Å²) in [7, 11) is 4.25. The molecule has 2 aromatic rings. The molecule has 3 heteroatoms. The van der Waals surface area contributed by atoms with Gasteiger partial charge in [-0.1, -0.05) is 30.3 Å². The molecule has 0 amide bonds. The molecule has 0 radical (unpaired) electrons. The molecule has 1 aliphatic carbocycles. The zero-order valence-electron chi connectivity index (χ0n) is 13.0. The molecule has 0 saturated heterocycles. The van der Waals surface area contributed by atoms with E-state index in [0.29, 0.717) is 12.1 Å². The summed E-state index contributed by atoms with van der Waals surface area (Å²) >= 11 is 0. The van der Waals surface area contributed by atoms with Crippen LogP contribution in [0.25, 0.3) is 0 Å². The van der Waals surface area contributed by atoms with Gasteiger partial charge in [-0.25, -0.2) is 0 Å². The Bertz CT molecular complexity index is 623. The van der Waals surface area contributed by atoms with Gasteiger partial charge in [0.25, 0.3) is 0 Å². The van der Waals surface area contributed by atoms with Crippen LogP contribution < -0.4 is 5.32 Å². The number of fused-ring (bicyclic) bond motifs is 1. The van der Waals surface area contributed by atoms with Crippen LogP contribution in [0.3, 0.4) is 0 Å². The van der Waals surface area contributed by atoms with E-state index in [2.05, 4.69) is 65.7 Å². The van der Waals surface area contributed by atoms with Crippen LogP contribution in [0.4, 0.5) is 0 Å². The van der Waals surface area contributed by atoms with Crippen LogP contribution in [0.1, 0.15) is 28.6 Å². The predicted molar refractivity (Wildman–Crippen MR) is 86.2 cm³/mol. The molecule has 0 saturated carbocycles. The molecule has 2 atom stereocenters. The van der Waals surface area contributed by atoms with Crippen LogP contribution in [-0.4, -0.2) is 30.0 Å². The van der Waals surface area contributed by atoms with Gasteiger partial charge in [0.05, 0.1) is 5.69 Å². The first-order valence-electron chi connectivity index (χ1n) is 7.57. The van der Waals surface area contributed by atoms with E-state index in [-0.39, 0.29) is 0 Å². The molecule has 1 N–H and O–H groups in total. The lowest BCUT2D eigenvalue weighted by Gasteiger charge is -2.29. The quantitative estimate of drug-likeness (QED) is 0.934. The maximum absolute atomic E-state index is 4.62. The number of pyridine rings is 1. The normalized spacial score (nSPS) is 20.8. The van der Waals surface area contributed by atoms with Crippen LogP contribution in [0.15, 0.2) is 42.5 Å². The van der Waals surface area contributed by atoms with E-state index in [1.165, 1.54) is 11.1 Å². The first-order chi connectivity index (χ1) is 10.2. The third-order valence-electron chi connectivity index (χ3n) is 4.44. The van der Waals surface area contributed by atoms with Crippen molar-refractivity contribution < 1.29 is 0 Å². The second kappa shape index (κ2) is 5.96. The zero-order chi connectivity index (χ0) is 14.8. The van der Waals surface area contributed by atoms with Crippen LogP contribution in [0.2, 0.25) is 0 Å². The molecule has 0 spiro atoms. The van der Waals surface area contributed by atoms with E-state index in [0.717, 1.165) is 24.4 Å². The molecule has 1 aliphatic rings. The monoisotopic (exact) mass is 281 g/mol. The summed E-state index contributed by atoms with van der Waals surface area (Å²) in [6.07, 6.45) is 1.10. The number of nitrogens with zero attached hydrogens (tertiary/aromatic N) is 2. The van der Waals surface area contributed by atoms with Crippen molar-refractivity contribution in [1.29, 1.82) is 0 Å². The Kier molecular flexibility index (Phi) is 4.04. The fraction of sp³-hybridized carbons (Fsp3) is 0.389. The molecule has 3 rings (SSSR count). The van der Waals surface area contributed by atoms with Gasteiger partial charge in [0.2, 0.25) is 0 Å². The van der Waals surface area contributed by atoms with Crippen molar-refractivity contribution in [3.8, 4) is 0 Å². The molecule has 1 aromatic carbocycles. The molecule has 2 unspecified atom stereocenters. The SMILES string of the molecule is CNC1c2ccccc2CC1N(C)Cc1cccc(C)n1. The van der Waals surface area contributed by atoms with Gasteiger partial charge in [-0.15, -0.1) is 0 Å². The van der Waals surface area contributed by atoms with E-state index >= 15 is 0 Å². The van der Waals surface area contributed by atoms with E-state index < -0.39 is 0 Å². The highest BCUT2D eigenvalue weighted by molar-refractivity contribution is 5.37. The Balaban J connectivity index is 1.78. The number of rotatable bonds is 4. The van der Waals surface area contributed by atoms with Crippen LogP contribution in [0.5, 0.6) is 0 Å². The summed E-state index contributed by atoms with van der Waals surface area (Å²) in [5.41, 5.74) is 5.13. The minimum Gasteiger partial charge on any atom is -0.312 e. The lowest BCUT2D eigenvalue weighted by Crippen LogP contribution is -2.39. The number of nitrogens with one attached hydrogen (secondary N) is 1. The molecule has 3 nitrogen and oxygen atoms in total. The average Bonchev–Trinajstić information content (AvgIpc) is 2.86. The van der Waals surface area contributed by atoms with Crippen LogP contribution in [0, 0.1) is 6.92 Å². The maximum atomic E-state index is 4.62. The summed E-state index contributed by atoms with van der Waals surface area (Å²) in [4.78, 5) is 7.04. The van der Waals surface area contributed by atoms with E-state index in [1.54, 1.807) is 0 Å². The summed E-state index contributed by atoms with van der Waals surface area (Å²) in [6, 6.07) is 15.9. The van der Waals surface area contributed by atoms with Crippen LogP contribution in [-0.2, 0) is 13.0 Å². The number of hydrogen-bond donors (Lipinski definition) is 1. The summed E-state index contributed by atoms with van der Waals surface area (Å²) in [5, 5.41) is 3.49. The fourth-order valence-electron chi connectivity index (χ4n) is 3.39. The first-order valence-corrected chi connectivity index (χ1v) is 7.57. The topological polar surface area (TPSA) is 28.2 Å². The Morgan fingerprint density at radius 3 is 2.76 bits per heavy atom. The number of aryl methyl sites for hydroxylation is 1. The number of hydrogen-bond acceptors (Lipinski definition) is 3. The molecule has 1 aromatic heterocycles. The second-order valence-corrected chi connectivity index (χ2v) is 5.92. The van der Waals surface area contributed by atoms with E-state index in [4.69, 9.17) is 0 Å². The molecule has 110 valence electrons. The summed E-state index contributed by atoms with van der Waals surface area (Å²) in [5.74, 6) is 0. The molecule has 0 fully saturated rings. The first kappa shape index (κ1) is 14.2. The summed E-state index contributed by atoms with van der Waals surface area (Å²) < 4.78 is 0. The standard InChI is InChI=1S/C18H23N3/c1-13-7-6-9-15(20-13)12-21(3)17-11-14-8-4-5-10-16(14)18(17)19-2/h4-10,17-19H,11-12H2,1-3H3. The van der Waals surface area contributed by atoms with Gasteiger partial charge < -0.3 is 5.32 Å². The second-order valence-electron chi connectivity index (χ2n) is 5.92. The van der Waals surface area contributed by atoms with Gasteiger partial charge in [0.15, 0.2) is 0 Å². The molecular weight excluding hydrogens is 258 g/mol. The van der Waals surface area contributed by atoms with Crippen molar-refractivity contribution in [3.63, 3.8) is 0 Å². The molecular formula is C18H23N3. The van der Waals surface area contributed by atoms with Gasteiger partial charge in [0, 0.05) is 24.3 Å². The van der Waals surface area contributed by atoms with Crippen molar-refractivity contribution in [3.05, 3.63) is 65.0 Å². The molecule has 0 aliphatic heterocycles. The maximum Gasteiger partial charge on any atom is 0.0547 e. The Morgan fingerprint density at radius 1 is 1.19 bits per heavy atom. The van der Waals surface area contributed by atoms with Gasteiger partial charge >= 0.3 is 0 Å². The molecule has 1 heterocycles. The van der Waals surface area contributed by atoms with Gasteiger partial charge in [-0.3, -0.25) is 9.88 Å². The van der Waals surface area contributed by atoms with E-state index in [1.807, 2.05) is 13.0 Å². The van der Waals surface area contributed by atoms with Crippen molar-refractivity contribution in [1.82, 2.24) is 15.2 Å². The highest BCUT2D eigenvalue weighted by Crippen LogP contribution is 2.34. The van der Waals surface area contributed by atoms with Crippen LogP contribution >= 0.6 is 0 Å². The predicted octanol–water partition coefficient (Wildman–Crippen LogP) is 2.71. The van der Waals surface area contributed by atoms with Gasteiger partial charge in [0.1, 0.15) is 0 Å². The van der Waals surface area contributed by atoms with Crippen molar-refractivity contribution in [2.24, 2.45) is 0 Å². The van der Waals surface area contributed by atoms with Crippen molar-refractivity contribution in [2.75, 3.05) is 14.1 Å².